The fraction of sp³-hybridized carbons (Fsp3) is 0.200. The number of hydrogen-bond acceptors (Lipinski definition) is 3. The van der Waals surface area contributed by atoms with Gasteiger partial charge in [0, 0.05) is 21.3 Å². The first-order chi connectivity index (χ1) is 7.38. The summed E-state index contributed by atoms with van der Waals surface area (Å²) < 4.78 is 27.7. The second kappa shape index (κ2) is 3.95. The zero-order valence-corrected chi connectivity index (χ0v) is 10.7. The van der Waals surface area contributed by atoms with Gasteiger partial charge in [-0.3, -0.25) is 0 Å². The third-order valence-electron chi connectivity index (χ3n) is 2.26. The molecule has 1 aliphatic heterocycles. The van der Waals surface area contributed by atoms with Crippen LogP contribution in [0.3, 0.4) is 0 Å². The molecular weight excluding hydrogens is 271 g/mol. The van der Waals surface area contributed by atoms with Gasteiger partial charge in [-0.2, -0.15) is 0 Å². The van der Waals surface area contributed by atoms with Gasteiger partial charge in [-0.05, 0) is 30.7 Å². The molecule has 16 heavy (non-hydrogen) atoms. The van der Waals surface area contributed by atoms with Crippen molar-refractivity contribution in [3.8, 4) is 5.75 Å². The zero-order valence-electron chi connectivity index (χ0n) is 8.33. The van der Waals surface area contributed by atoms with E-state index in [1.54, 1.807) is 12.1 Å². The van der Waals surface area contributed by atoms with Gasteiger partial charge in [0.2, 0.25) is 0 Å². The van der Waals surface area contributed by atoms with Crippen LogP contribution in [0.4, 0.5) is 0 Å². The third-order valence-corrected chi connectivity index (χ3v) is 3.93. The summed E-state index contributed by atoms with van der Waals surface area (Å²) in [4.78, 5) is 0.0448. The standard InChI is InChI=1S/C10H8Cl2O3S/c1-6-2-8(11)3-7-4-9(16(12,13)14)5-15-10(6)7/h2-4H,5H2,1H3. The van der Waals surface area contributed by atoms with Crippen LogP contribution in [-0.4, -0.2) is 15.0 Å². The Balaban J connectivity index is 2.60. The minimum Gasteiger partial charge on any atom is -0.487 e. The molecule has 0 N–H and O–H groups in total. The zero-order chi connectivity index (χ0) is 11.9. The average Bonchev–Trinajstić information content (AvgIpc) is 2.15. The molecule has 86 valence electrons. The summed E-state index contributed by atoms with van der Waals surface area (Å²) in [6, 6.07) is 3.40. The predicted octanol–water partition coefficient (Wildman–Crippen LogP) is 2.95. The highest BCUT2D eigenvalue weighted by Crippen LogP contribution is 2.34. The molecular formula is C10H8Cl2O3S. The lowest BCUT2D eigenvalue weighted by Crippen LogP contribution is -2.12. The van der Waals surface area contributed by atoms with Gasteiger partial charge in [-0.15, -0.1) is 0 Å². The molecule has 1 aliphatic rings. The van der Waals surface area contributed by atoms with Crippen LogP contribution < -0.4 is 4.74 Å². The van der Waals surface area contributed by atoms with Crippen LogP contribution in [-0.2, 0) is 9.05 Å². The number of aryl methyl sites for hydroxylation is 1. The Morgan fingerprint density at radius 3 is 2.69 bits per heavy atom. The summed E-state index contributed by atoms with van der Waals surface area (Å²) in [5.41, 5.74) is 1.50. The van der Waals surface area contributed by atoms with Crippen LogP contribution in [0.1, 0.15) is 11.1 Å². The van der Waals surface area contributed by atoms with Gasteiger partial charge >= 0.3 is 0 Å². The second-order valence-corrected chi connectivity index (χ2v) is 6.53. The Kier molecular flexibility index (Phi) is 2.90. The van der Waals surface area contributed by atoms with Crippen LogP contribution in [0.25, 0.3) is 6.08 Å². The van der Waals surface area contributed by atoms with E-state index in [4.69, 9.17) is 27.0 Å². The number of halogens is 2. The summed E-state index contributed by atoms with van der Waals surface area (Å²) in [6.45, 7) is 1.81. The van der Waals surface area contributed by atoms with Gasteiger partial charge in [0.1, 0.15) is 12.4 Å². The van der Waals surface area contributed by atoms with Crippen molar-refractivity contribution in [2.24, 2.45) is 0 Å². The molecule has 1 heterocycles. The largest absolute Gasteiger partial charge is 0.487 e. The van der Waals surface area contributed by atoms with Crippen molar-refractivity contribution in [3.05, 3.63) is 33.2 Å². The molecule has 0 aliphatic carbocycles. The van der Waals surface area contributed by atoms with Gasteiger partial charge in [0.15, 0.2) is 0 Å². The van der Waals surface area contributed by atoms with Crippen LogP contribution in [0.5, 0.6) is 5.75 Å². The molecule has 0 saturated heterocycles. The van der Waals surface area contributed by atoms with Crippen LogP contribution in [0.15, 0.2) is 17.0 Å². The van der Waals surface area contributed by atoms with Crippen molar-refractivity contribution < 1.29 is 13.2 Å². The molecule has 0 aromatic heterocycles. The van der Waals surface area contributed by atoms with Crippen molar-refractivity contribution in [1.82, 2.24) is 0 Å². The predicted molar refractivity (Wildman–Crippen MR) is 64.4 cm³/mol. The van der Waals surface area contributed by atoms with E-state index in [9.17, 15) is 8.42 Å². The minimum atomic E-state index is -3.73. The monoisotopic (exact) mass is 278 g/mol. The topological polar surface area (TPSA) is 43.4 Å². The van der Waals surface area contributed by atoms with Crippen LogP contribution >= 0.6 is 22.3 Å². The second-order valence-electron chi connectivity index (χ2n) is 3.48. The molecule has 1 aromatic carbocycles. The fourth-order valence-electron chi connectivity index (χ4n) is 1.56. The Morgan fingerprint density at radius 2 is 2.06 bits per heavy atom. The van der Waals surface area contributed by atoms with E-state index >= 15 is 0 Å². The van der Waals surface area contributed by atoms with E-state index in [0.717, 1.165) is 5.56 Å². The number of hydrogen-bond donors (Lipinski definition) is 0. The molecule has 0 radical (unpaired) electrons. The first kappa shape index (κ1) is 11.8. The maximum atomic E-state index is 11.2. The molecule has 0 saturated carbocycles. The Hall–Kier alpha value is -0.710. The molecule has 1 aromatic rings. The Morgan fingerprint density at radius 1 is 1.38 bits per heavy atom. The van der Waals surface area contributed by atoms with E-state index in [1.165, 1.54) is 6.08 Å². The fourth-order valence-corrected chi connectivity index (χ4v) is 2.58. The summed E-state index contributed by atoms with van der Waals surface area (Å²) in [7, 11) is 1.52. The van der Waals surface area contributed by atoms with Gasteiger partial charge in [-0.25, -0.2) is 8.42 Å². The summed E-state index contributed by atoms with van der Waals surface area (Å²) in [5, 5.41) is 0.532. The Bertz CT molecular complexity index is 576. The van der Waals surface area contributed by atoms with Crippen LogP contribution in [0, 0.1) is 6.92 Å². The molecule has 0 fully saturated rings. The number of benzene rings is 1. The average molecular weight is 279 g/mol. The lowest BCUT2D eigenvalue weighted by Gasteiger charge is -2.18. The van der Waals surface area contributed by atoms with E-state index in [2.05, 4.69) is 0 Å². The van der Waals surface area contributed by atoms with Crippen molar-refractivity contribution >= 4 is 37.4 Å². The van der Waals surface area contributed by atoms with Gasteiger partial charge in [0.05, 0.1) is 4.91 Å². The first-order valence-corrected chi connectivity index (χ1v) is 7.15. The number of fused-ring (bicyclic) bond motifs is 1. The highest BCUT2D eigenvalue weighted by molar-refractivity contribution is 8.17. The normalized spacial score (nSPS) is 15.1. The maximum absolute atomic E-state index is 11.2. The Labute approximate surface area is 103 Å². The molecule has 6 heteroatoms. The summed E-state index contributed by atoms with van der Waals surface area (Å²) >= 11 is 5.88. The number of rotatable bonds is 1. The molecule has 0 amide bonds. The van der Waals surface area contributed by atoms with Crippen LogP contribution in [0.2, 0.25) is 5.02 Å². The van der Waals surface area contributed by atoms with Gasteiger partial charge < -0.3 is 4.74 Å². The van der Waals surface area contributed by atoms with E-state index in [1.807, 2.05) is 6.92 Å². The van der Waals surface area contributed by atoms with Gasteiger partial charge in [0.25, 0.3) is 9.05 Å². The van der Waals surface area contributed by atoms with Crippen molar-refractivity contribution in [1.29, 1.82) is 0 Å². The third kappa shape index (κ3) is 2.19. The molecule has 0 unspecified atom stereocenters. The number of ether oxygens (including phenoxy) is 1. The molecule has 0 atom stereocenters. The SMILES string of the molecule is Cc1cc(Cl)cc2c1OCC(S(=O)(=O)Cl)=C2. The minimum absolute atomic E-state index is 0.0404. The summed E-state index contributed by atoms with van der Waals surface area (Å²) in [5.74, 6) is 0.647. The molecule has 2 rings (SSSR count). The lowest BCUT2D eigenvalue weighted by atomic mass is 10.1. The smallest absolute Gasteiger partial charge is 0.260 e. The maximum Gasteiger partial charge on any atom is 0.260 e. The highest BCUT2D eigenvalue weighted by Gasteiger charge is 2.21. The van der Waals surface area contributed by atoms with E-state index in [-0.39, 0.29) is 11.5 Å². The van der Waals surface area contributed by atoms with Crippen molar-refractivity contribution in [3.63, 3.8) is 0 Å². The highest BCUT2D eigenvalue weighted by atomic mass is 35.7. The van der Waals surface area contributed by atoms with Gasteiger partial charge in [-0.1, -0.05) is 11.6 Å². The van der Waals surface area contributed by atoms with E-state index in [0.29, 0.717) is 16.3 Å². The molecule has 3 nitrogen and oxygen atoms in total. The van der Waals surface area contributed by atoms with Crippen molar-refractivity contribution in [2.75, 3.05) is 6.61 Å². The summed E-state index contributed by atoms with van der Waals surface area (Å²) in [6.07, 6.45) is 1.49. The lowest BCUT2D eigenvalue weighted by molar-refractivity contribution is 0.351. The van der Waals surface area contributed by atoms with E-state index < -0.39 is 9.05 Å². The molecule has 0 spiro atoms. The van der Waals surface area contributed by atoms with Crippen molar-refractivity contribution in [2.45, 2.75) is 6.92 Å². The quantitative estimate of drug-likeness (QED) is 0.742. The first-order valence-electron chi connectivity index (χ1n) is 4.46. The molecule has 0 bridgehead atoms.